The zero-order valence-electron chi connectivity index (χ0n) is 17.3. The minimum atomic E-state index is -0.303. The summed E-state index contributed by atoms with van der Waals surface area (Å²) in [6.07, 6.45) is 4.68. The predicted molar refractivity (Wildman–Crippen MR) is 120 cm³/mol. The van der Waals surface area contributed by atoms with Gasteiger partial charge in [-0.1, -0.05) is 12.1 Å². The second-order valence-corrected chi connectivity index (χ2v) is 9.65. The summed E-state index contributed by atoms with van der Waals surface area (Å²) in [6.45, 7) is 4.48. The maximum atomic E-state index is 13.1. The second-order valence-electron chi connectivity index (χ2n) is 8.55. The quantitative estimate of drug-likeness (QED) is 0.655. The van der Waals surface area contributed by atoms with Crippen LogP contribution in [0.3, 0.4) is 0 Å². The van der Waals surface area contributed by atoms with E-state index in [1.54, 1.807) is 16.2 Å². The number of amides is 2. The number of nitrogens with zero attached hydrogens (tertiary/aromatic N) is 2. The van der Waals surface area contributed by atoms with Gasteiger partial charge in [0.2, 0.25) is 11.8 Å². The molecule has 6 nitrogen and oxygen atoms in total. The molecule has 1 fully saturated rings. The first-order chi connectivity index (χ1) is 14.5. The average molecular weight is 423 g/mol. The van der Waals surface area contributed by atoms with Gasteiger partial charge in [0.15, 0.2) is 0 Å². The number of nitrogens with one attached hydrogen (secondary N) is 2. The van der Waals surface area contributed by atoms with Crippen LogP contribution in [-0.4, -0.2) is 39.3 Å². The van der Waals surface area contributed by atoms with Crippen LogP contribution in [0.5, 0.6) is 0 Å². The second kappa shape index (κ2) is 7.54. The van der Waals surface area contributed by atoms with Crippen LogP contribution in [0, 0.1) is 5.92 Å². The number of para-hydroxylation sites is 2. The number of hydrogen-bond donors (Lipinski definition) is 2. The number of rotatable bonds is 4. The van der Waals surface area contributed by atoms with Gasteiger partial charge in [-0.2, -0.15) is 0 Å². The fourth-order valence-electron chi connectivity index (χ4n) is 4.60. The lowest BCUT2D eigenvalue weighted by Gasteiger charge is -2.20. The summed E-state index contributed by atoms with van der Waals surface area (Å²) in [6, 6.07) is 8.12. The molecule has 1 unspecified atom stereocenters. The normalized spacial score (nSPS) is 19.0. The SMILES string of the molecule is CC(C)N1CC(C(=O)Nc2sc3c(c2-c2nc4ccccc4[nH]2)CCCC3)CC1=O. The number of imidazole rings is 1. The van der Waals surface area contributed by atoms with Crippen molar-refractivity contribution in [2.45, 2.75) is 52.0 Å². The molecule has 0 bridgehead atoms. The molecule has 0 saturated carbocycles. The molecule has 5 rings (SSSR count). The molecule has 2 amide bonds. The van der Waals surface area contributed by atoms with Gasteiger partial charge in [0.25, 0.3) is 0 Å². The van der Waals surface area contributed by atoms with E-state index in [1.165, 1.54) is 16.9 Å². The Hall–Kier alpha value is -2.67. The van der Waals surface area contributed by atoms with Gasteiger partial charge in [0.1, 0.15) is 10.8 Å². The summed E-state index contributed by atoms with van der Waals surface area (Å²) in [5, 5.41) is 4.04. The number of benzene rings is 1. The molecule has 0 radical (unpaired) electrons. The van der Waals surface area contributed by atoms with E-state index in [1.807, 2.05) is 38.1 Å². The summed E-state index contributed by atoms with van der Waals surface area (Å²) in [4.78, 5) is 36.7. The van der Waals surface area contributed by atoms with Gasteiger partial charge in [-0.25, -0.2) is 4.98 Å². The molecule has 1 aliphatic carbocycles. The van der Waals surface area contributed by atoms with E-state index in [4.69, 9.17) is 4.98 Å². The van der Waals surface area contributed by atoms with Gasteiger partial charge in [-0.05, 0) is 57.2 Å². The number of aromatic nitrogens is 2. The lowest BCUT2D eigenvalue weighted by atomic mass is 9.95. The molecule has 7 heteroatoms. The molecular formula is C23H26N4O2S. The summed E-state index contributed by atoms with van der Waals surface area (Å²) in [7, 11) is 0. The van der Waals surface area contributed by atoms with E-state index in [0.29, 0.717) is 6.54 Å². The van der Waals surface area contributed by atoms with Crippen molar-refractivity contribution < 1.29 is 9.59 Å². The van der Waals surface area contributed by atoms with Gasteiger partial charge < -0.3 is 15.2 Å². The standard InChI is InChI=1S/C23H26N4O2S/c1-13(2)27-12-14(11-19(27)28)22(29)26-23-20(15-7-3-6-10-18(15)30-23)21-24-16-8-4-5-9-17(16)25-21/h4-5,8-9,13-14H,3,6-7,10-12H2,1-2H3,(H,24,25)(H,26,29). The molecule has 0 spiro atoms. The lowest BCUT2D eigenvalue weighted by molar-refractivity contribution is -0.129. The molecule has 3 heterocycles. The van der Waals surface area contributed by atoms with E-state index >= 15 is 0 Å². The van der Waals surface area contributed by atoms with E-state index in [0.717, 1.165) is 46.7 Å². The molecule has 2 aliphatic rings. The highest BCUT2D eigenvalue weighted by molar-refractivity contribution is 7.17. The van der Waals surface area contributed by atoms with Gasteiger partial charge in [-0.3, -0.25) is 9.59 Å². The number of thiophene rings is 1. The molecule has 1 aliphatic heterocycles. The van der Waals surface area contributed by atoms with Crippen LogP contribution in [0.1, 0.15) is 43.6 Å². The number of aryl methyl sites for hydroxylation is 1. The largest absolute Gasteiger partial charge is 0.339 e. The van der Waals surface area contributed by atoms with Crippen LogP contribution in [0.25, 0.3) is 22.4 Å². The number of carbonyl (C=O) groups excluding carboxylic acids is 2. The first kappa shape index (κ1) is 19.3. The summed E-state index contributed by atoms with van der Waals surface area (Å²) < 4.78 is 0. The van der Waals surface area contributed by atoms with E-state index < -0.39 is 0 Å². The fraction of sp³-hybridized carbons (Fsp3) is 0.435. The molecule has 2 N–H and O–H groups in total. The van der Waals surface area contributed by atoms with E-state index in [2.05, 4.69) is 10.3 Å². The fourth-order valence-corrected chi connectivity index (χ4v) is 5.89. The van der Waals surface area contributed by atoms with Crippen LogP contribution in [0.2, 0.25) is 0 Å². The van der Waals surface area contributed by atoms with Crippen molar-refractivity contribution in [3.63, 3.8) is 0 Å². The minimum Gasteiger partial charge on any atom is -0.339 e. The summed E-state index contributed by atoms with van der Waals surface area (Å²) >= 11 is 1.67. The first-order valence-electron chi connectivity index (χ1n) is 10.7. The Morgan fingerprint density at radius 1 is 1.27 bits per heavy atom. The number of H-pyrrole nitrogens is 1. The van der Waals surface area contributed by atoms with Gasteiger partial charge in [0.05, 0.1) is 22.5 Å². The molecule has 3 aromatic rings. The average Bonchev–Trinajstić information content (AvgIpc) is 3.41. The first-order valence-corrected chi connectivity index (χ1v) is 11.5. The van der Waals surface area contributed by atoms with Crippen LogP contribution < -0.4 is 5.32 Å². The highest BCUT2D eigenvalue weighted by Crippen LogP contribution is 2.44. The molecule has 1 aromatic carbocycles. The molecular weight excluding hydrogens is 396 g/mol. The summed E-state index contributed by atoms with van der Waals surface area (Å²) in [5.41, 5.74) is 4.26. The van der Waals surface area contributed by atoms with Crippen molar-refractivity contribution in [2.75, 3.05) is 11.9 Å². The molecule has 156 valence electrons. The predicted octanol–water partition coefficient (Wildman–Crippen LogP) is 4.37. The Kier molecular flexibility index (Phi) is 4.85. The topological polar surface area (TPSA) is 78.1 Å². The number of likely N-dealkylation sites (tertiary alicyclic amines) is 1. The van der Waals surface area contributed by atoms with Crippen molar-refractivity contribution in [3.8, 4) is 11.4 Å². The zero-order valence-corrected chi connectivity index (χ0v) is 18.1. The molecule has 2 aromatic heterocycles. The Bertz CT molecular complexity index is 1100. The van der Waals surface area contributed by atoms with Crippen LogP contribution in [0.15, 0.2) is 24.3 Å². The van der Waals surface area contributed by atoms with Crippen molar-refractivity contribution in [1.82, 2.24) is 14.9 Å². The van der Waals surface area contributed by atoms with Crippen LogP contribution in [-0.2, 0) is 22.4 Å². The Morgan fingerprint density at radius 3 is 2.83 bits per heavy atom. The number of hydrogen-bond acceptors (Lipinski definition) is 4. The third kappa shape index (κ3) is 3.31. The lowest BCUT2D eigenvalue weighted by Crippen LogP contribution is -2.33. The smallest absolute Gasteiger partial charge is 0.230 e. The number of aromatic amines is 1. The Balaban J connectivity index is 1.49. The van der Waals surface area contributed by atoms with Gasteiger partial charge in [0, 0.05) is 23.9 Å². The zero-order chi connectivity index (χ0) is 20.8. The van der Waals surface area contributed by atoms with Crippen LogP contribution in [0.4, 0.5) is 5.00 Å². The Morgan fingerprint density at radius 2 is 2.07 bits per heavy atom. The van der Waals surface area contributed by atoms with Crippen molar-refractivity contribution in [3.05, 3.63) is 34.7 Å². The van der Waals surface area contributed by atoms with Crippen molar-refractivity contribution in [2.24, 2.45) is 5.92 Å². The van der Waals surface area contributed by atoms with E-state index in [-0.39, 0.29) is 30.2 Å². The maximum Gasteiger partial charge on any atom is 0.230 e. The van der Waals surface area contributed by atoms with Crippen molar-refractivity contribution in [1.29, 1.82) is 0 Å². The van der Waals surface area contributed by atoms with Crippen LogP contribution >= 0.6 is 11.3 Å². The molecule has 1 atom stereocenters. The molecule has 30 heavy (non-hydrogen) atoms. The van der Waals surface area contributed by atoms with Gasteiger partial charge in [-0.15, -0.1) is 11.3 Å². The highest BCUT2D eigenvalue weighted by atomic mass is 32.1. The molecule has 1 saturated heterocycles. The van der Waals surface area contributed by atoms with E-state index in [9.17, 15) is 9.59 Å². The van der Waals surface area contributed by atoms with Gasteiger partial charge >= 0.3 is 0 Å². The maximum absolute atomic E-state index is 13.1. The number of carbonyl (C=O) groups is 2. The van der Waals surface area contributed by atoms with Crippen molar-refractivity contribution >= 4 is 39.2 Å². The minimum absolute atomic E-state index is 0.0631. The number of anilines is 1. The Labute approximate surface area is 179 Å². The third-order valence-electron chi connectivity index (χ3n) is 6.19. The number of fused-ring (bicyclic) bond motifs is 2. The summed E-state index contributed by atoms with van der Waals surface area (Å²) in [5.74, 6) is 0.510. The monoisotopic (exact) mass is 422 g/mol. The highest BCUT2D eigenvalue weighted by Gasteiger charge is 2.36. The third-order valence-corrected chi connectivity index (χ3v) is 7.39.